The number of anilines is 1. The third-order valence-corrected chi connectivity index (χ3v) is 6.93. The van der Waals surface area contributed by atoms with Crippen LogP contribution in [0.4, 0.5) is 5.69 Å². The first-order chi connectivity index (χ1) is 15.9. The van der Waals surface area contributed by atoms with Crippen LogP contribution >= 0.6 is 0 Å². The maximum Gasteiger partial charge on any atom is 0.200 e. The van der Waals surface area contributed by atoms with Crippen LogP contribution in [0.25, 0.3) is 11.0 Å². The lowest BCUT2D eigenvalue weighted by Gasteiger charge is -2.37. The lowest BCUT2D eigenvalue weighted by Crippen LogP contribution is -2.47. The molecule has 0 saturated heterocycles. The van der Waals surface area contributed by atoms with Gasteiger partial charge in [-0.25, -0.2) is 0 Å². The first-order valence-electron chi connectivity index (χ1n) is 11.1. The molecule has 0 bridgehead atoms. The summed E-state index contributed by atoms with van der Waals surface area (Å²) in [5, 5.41) is 30.2. The summed E-state index contributed by atoms with van der Waals surface area (Å²) in [5.41, 5.74) is 3.60. The van der Waals surface area contributed by atoms with E-state index in [4.69, 9.17) is 19.1 Å². The molecule has 0 spiro atoms. The third-order valence-electron chi connectivity index (χ3n) is 6.93. The Bertz CT molecular complexity index is 1260. The fraction of sp³-hybridized carbons (Fsp3) is 0.400. The van der Waals surface area contributed by atoms with Crippen LogP contribution in [0, 0.1) is 0 Å². The van der Waals surface area contributed by atoms with Crippen LogP contribution in [0.2, 0.25) is 0 Å². The molecule has 1 saturated carbocycles. The molecule has 174 valence electrons. The highest BCUT2D eigenvalue weighted by atomic mass is 16.5. The van der Waals surface area contributed by atoms with Gasteiger partial charge in [-0.2, -0.15) is 0 Å². The average molecular weight is 453 g/mol. The van der Waals surface area contributed by atoms with Crippen LogP contribution in [-0.2, 0) is 13.0 Å². The number of nitrogens with one attached hydrogen (secondary N) is 1. The van der Waals surface area contributed by atoms with Gasteiger partial charge in [0.15, 0.2) is 5.43 Å². The minimum atomic E-state index is -0.979. The van der Waals surface area contributed by atoms with E-state index in [1.807, 2.05) is 0 Å². The summed E-state index contributed by atoms with van der Waals surface area (Å²) in [4.78, 5) is 13.7. The summed E-state index contributed by atoms with van der Waals surface area (Å²) in [6, 6.07) is 8.62. The number of aliphatic hydroxyl groups excluding tert-OH is 1. The highest BCUT2D eigenvalue weighted by molar-refractivity contribution is 5.89. The quantitative estimate of drug-likeness (QED) is 0.434. The van der Waals surface area contributed by atoms with E-state index in [1.165, 1.54) is 7.11 Å². The van der Waals surface area contributed by atoms with Gasteiger partial charge in [0, 0.05) is 29.5 Å². The normalized spacial score (nSPS) is 23.7. The Labute approximate surface area is 190 Å². The molecule has 1 aromatic heterocycles. The van der Waals surface area contributed by atoms with Crippen molar-refractivity contribution in [2.75, 3.05) is 12.6 Å². The van der Waals surface area contributed by atoms with Gasteiger partial charge in [0.05, 0.1) is 18.4 Å². The van der Waals surface area contributed by atoms with Gasteiger partial charge in [-0.1, -0.05) is 12.1 Å². The fourth-order valence-corrected chi connectivity index (χ4v) is 5.31. The van der Waals surface area contributed by atoms with Gasteiger partial charge >= 0.3 is 0 Å². The molecular formula is C25H27NO7. The molecule has 1 aliphatic heterocycles. The van der Waals surface area contributed by atoms with Crippen LogP contribution in [0.3, 0.4) is 0 Å². The predicted octanol–water partition coefficient (Wildman–Crippen LogP) is 3.47. The van der Waals surface area contributed by atoms with E-state index in [0.29, 0.717) is 34.6 Å². The fourth-order valence-electron chi connectivity index (χ4n) is 5.31. The number of methoxy groups -OCH3 is 1. The second-order valence-corrected chi connectivity index (χ2v) is 9.07. The first-order valence-corrected chi connectivity index (χ1v) is 11.1. The molecule has 2 aliphatic rings. The summed E-state index contributed by atoms with van der Waals surface area (Å²) < 4.78 is 17.9. The second kappa shape index (κ2) is 8.06. The molecular weight excluding hydrogens is 426 g/mol. The van der Waals surface area contributed by atoms with Gasteiger partial charge in [0.25, 0.3) is 0 Å². The van der Waals surface area contributed by atoms with Gasteiger partial charge in [-0.15, -0.1) is 0 Å². The van der Waals surface area contributed by atoms with E-state index >= 15 is 0 Å². The van der Waals surface area contributed by atoms with Gasteiger partial charge in [-0.05, 0) is 43.9 Å². The van der Waals surface area contributed by atoms with Gasteiger partial charge in [0.1, 0.15) is 40.9 Å². The lowest BCUT2D eigenvalue weighted by molar-refractivity contribution is -0.0725. The Morgan fingerprint density at radius 3 is 2.70 bits per heavy atom. The molecule has 0 amide bonds. The van der Waals surface area contributed by atoms with Crippen molar-refractivity contribution in [3.63, 3.8) is 0 Å². The van der Waals surface area contributed by atoms with Gasteiger partial charge in [0.2, 0.25) is 0 Å². The van der Waals surface area contributed by atoms with Crippen molar-refractivity contribution in [1.82, 2.24) is 0 Å². The number of benzene rings is 2. The van der Waals surface area contributed by atoms with Crippen LogP contribution in [0.15, 0.2) is 39.5 Å². The highest BCUT2D eigenvalue weighted by Gasteiger charge is 2.50. The van der Waals surface area contributed by atoms with Crippen LogP contribution in [0.5, 0.6) is 11.5 Å². The molecule has 0 radical (unpaired) electrons. The van der Waals surface area contributed by atoms with E-state index in [2.05, 4.69) is 5.48 Å². The molecule has 3 aromatic rings. The zero-order valence-electron chi connectivity index (χ0n) is 18.6. The zero-order valence-corrected chi connectivity index (χ0v) is 18.6. The Morgan fingerprint density at radius 1 is 1.27 bits per heavy atom. The van der Waals surface area contributed by atoms with E-state index < -0.39 is 18.3 Å². The highest BCUT2D eigenvalue weighted by Crippen LogP contribution is 2.54. The summed E-state index contributed by atoms with van der Waals surface area (Å²) in [7, 11) is 1.52. The summed E-state index contributed by atoms with van der Waals surface area (Å²) in [6.45, 7) is 1.35. The molecule has 8 nitrogen and oxygen atoms in total. The smallest absolute Gasteiger partial charge is 0.200 e. The summed E-state index contributed by atoms with van der Waals surface area (Å²) in [6.07, 6.45) is 2.15. The molecule has 2 aromatic carbocycles. The van der Waals surface area contributed by atoms with Crippen molar-refractivity contribution >= 4 is 16.7 Å². The maximum absolute atomic E-state index is 13.7. The average Bonchev–Trinajstić information content (AvgIpc) is 3.19. The number of ether oxygens (including phenoxy) is 2. The third kappa shape index (κ3) is 3.45. The zero-order chi connectivity index (χ0) is 23.3. The van der Waals surface area contributed by atoms with E-state index in [1.54, 1.807) is 37.3 Å². The number of hydrogen-bond donors (Lipinski definition) is 4. The van der Waals surface area contributed by atoms with Crippen molar-refractivity contribution in [2.45, 2.75) is 56.8 Å². The standard InChI is InChI=1S/C25H27NO7/c1-25(29)9-3-4-15-20-17(33-24(15)25)11-18-21(23(20)31-2)22(28)16(19(12-27)32-18)10-13-5-7-14(26-30)8-6-13/h5-8,11,15,24,26-27,29-30H,3-4,9-10,12H2,1-2H3/t15-,24+,25+/m1/s1. The Morgan fingerprint density at radius 2 is 2.03 bits per heavy atom. The molecule has 4 N–H and O–H groups in total. The molecule has 1 aliphatic carbocycles. The first kappa shape index (κ1) is 21.8. The second-order valence-electron chi connectivity index (χ2n) is 9.07. The van der Waals surface area contributed by atoms with Crippen molar-refractivity contribution < 1.29 is 29.3 Å². The predicted molar refractivity (Wildman–Crippen MR) is 121 cm³/mol. The number of fused-ring (bicyclic) bond motifs is 4. The topological polar surface area (TPSA) is 121 Å². The molecule has 1 fully saturated rings. The van der Waals surface area contributed by atoms with Crippen LogP contribution in [-0.4, -0.2) is 34.2 Å². The molecule has 0 unspecified atom stereocenters. The molecule has 5 rings (SSSR count). The summed E-state index contributed by atoms with van der Waals surface area (Å²) in [5.74, 6) is 1.05. The number of aliphatic hydroxyl groups is 2. The maximum atomic E-state index is 13.7. The Kier molecular flexibility index (Phi) is 5.31. The molecule has 3 atom stereocenters. The van der Waals surface area contributed by atoms with Crippen LogP contribution < -0.4 is 20.4 Å². The van der Waals surface area contributed by atoms with Gasteiger partial charge < -0.3 is 24.1 Å². The Hall–Kier alpha value is -3.07. The Balaban J connectivity index is 1.68. The van der Waals surface area contributed by atoms with Crippen molar-refractivity contribution in [3.05, 3.63) is 63.0 Å². The van der Waals surface area contributed by atoms with Crippen molar-refractivity contribution in [1.29, 1.82) is 0 Å². The molecule has 2 heterocycles. The monoisotopic (exact) mass is 453 g/mol. The van der Waals surface area contributed by atoms with E-state index in [-0.39, 0.29) is 29.1 Å². The summed E-state index contributed by atoms with van der Waals surface area (Å²) >= 11 is 0. The number of hydrogen-bond acceptors (Lipinski definition) is 8. The van der Waals surface area contributed by atoms with Crippen LogP contribution in [0.1, 0.15) is 54.6 Å². The minimum absolute atomic E-state index is 0.0815. The van der Waals surface area contributed by atoms with E-state index in [9.17, 15) is 15.0 Å². The number of rotatable bonds is 5. The lowest BCUT2D eigenvalue weighted by atomic mass is 9.74. The molecule has 8 heteroatoms. The SMILES string of the molecule is COc1c2c(cc3oc(CO)c(Cc4ccc(NO)cc4)c(=O)c13)O[C@H]1[C@@H]2CCC[C@]1(C)O. The van der Waals surface area contributed by atoms with E-state index in [0.717, 1.165) is 24.0 Å². The van der Waals surface area contributed by atoms with Crippen molar-refractivity contribution in [2.24, 2.45) is 0 Å². The van der Waals surface area contributed by atoms with Gasteiger partial charge in [-0.3, -0.25) is 15.5 Å². The molecule has 33 heavy (non-hydrogen) atoms. The minimum Gasteiger partial charge on any atom is -0.495 e. The van der Waals surface area contributed by atoms with Crippen molar-refractivity contribution in [3.8, 4) is 11.5 Å². The largest absolute Gasteiger partial charge is 0.495 e.